The highest BCUT2D eigenvalue weighted by Crippen LogP contribution is 2.29. The molecular weight excluding hydrogens is 1160 g/mol. The first kappa shape index (κ1) is 62.0. The average molecular weight is 1210 g/mol. The lowest BCUT2D eigenvalue weighted by Gasteiger charge is -2.30. The fourth-order valence-electron chi connectivity index (χ4n) is 8.89. The van der Waals surface area contributed by atoms with Crippen molar-refractivity contribution in [1.29, 1.82) is 0 Å². The van der Waals surface area contributed by atoms with Gasteiger partial charge in [0.25, 0.3) is 0 Å². The summed E-state index contributed by atoms with van der Waals surface area (Å²) in [6, 6.07) is 37.3. The summed E-state index contributed by atoms with van der Waals surface area (Å²) < 4.78 is 108. The van der Waals surface area contributed by atoms with E-state index in [1.807, 2.05) is 60.7 Å². The SMILES string of the molecule is COC(=O)[C@H](c1ccccc1Cl)[NH+]1CCc2sccc2C1.COC(=O)[C@H](c1ccccc1Cl)[NH+]1CCc2sccc2C1.O=S(=O)([O-])c1ccc2ccccc2c1.O=S(=O)([O-])c1cccc2c(S(=O)(=O)[O-])cccc12.S.S. The molecule has 2 aliphatic rings. The number of quaternary nitrogens is 2. The smallest absolute Gasteiger partial charge is 0.369 e. The molecule has 2 N–H and O–H groups in total. The Kier molecular flexibility index (Phi) is 22.1. The van der Waals surface area contributed by atoms with Crippen LogP contribution in [0.3, 0.4) is 0 Å². The maximum absolute atomic E-state index is 12.3. The quantitative estimate of drug-likeness (QED) is 0.108. The fourth-order valence-corrected chi connectivity index (χ4v) is 13.1. The molecule has 76 heavy (non-hydrogen) atoms. The highest BCUT2D eigenvalue weighted by atomic mass is 35.5. The third-order valence-corrected chi connectivity index (χ3v) is 17.7. The molecule has 0 fully saturated rings. The molecule has 0 aliphatic carbocycles. The standard InChI is InChI=1S/2C16H16ClNO2S.C10H8O6S2.C10H8O3S.2H2S/c2*1-20-16(19)15(12-4-2-3-5-13(12)17)18-8-6-14-11(10-18)7-9-21-14;11-17(12,13)9-5-1-3-7-8(9)4-2-6-10(7)18(14,15)16;11-14(12,13)10-6-5-8-3-1-2-4-9(8)7-10;;/h2*2-5,7,9,15H,6,8,10H2,1H3;1-6H,(H,11,12,13)(H,14,15,16);1-7H,(H,11,12,13);2*1H2/p-1/t2*15-;;;;/m00..../s1. The van der Waals surface area contributed by atoms with Crippen LogP contribution >= 0.6 is 72.9 Å². The van der Waals surface area contributed by atoms with Crippen LogP contribution in [0.4, 0.5) is 0 Å². The summed E-state index contributed by atoms with van der Waals surface area (Å²) in [4.78, 5) is 28.6. The minimum atomic E-state index is -4.74. The predicted octanol–water partition coefficient (Wildman–Crippen LogP) is 7.13. The van der Waals surface area contributed by atoms with Gasteiger partial charge in [-0.05, 0) is 70.1 Å². The summed E-state index contributed by atoms with van der Waals surface area (Å²) >= 11 is 16.2. The second-order valence-electron chi connectivity index (χ2n) is 16.8. The van der Waals surface area contributed by atoms with Crippen molar-refractivity contribution in [3.63, 3.8) is 0 Å². The second kappa shape index (κ2) is 27.1. The van der Waals surface area contributed by atoms with E-state index in [-0.39, 0.29) is 66.7 Å². The zero-order valence-corrected chi connectivity index (χ0v) is 48.0. The Bertz CT molecular complexity index is 3480. The van der Waals surface area contributed by atoms with E-state index in [1.54, 1.807) is 40.9 Å². The summed E-state index contributed by atoms with van der Waals surface area (Å²) in [5.41, 5.74) is 4.36. The van der Waals surface area contributed by atoms with Crippen LogP contribution in [0.5, 0.6) is 0 Å². The Morgan fingerprint density at radius 1 is 0.526 bits per heavy atom. The molecule has 0 saturated carbocycles. The molecule has 0 amide bonds. The Morgan fingerprint density at radius 2 is 0.934 bits per heavy atom. The maximum Gasteiger partial charge on any atom is 0.369 e. The zero-order chi connectivity index (χ0) is 53.4. The van der Waals surface area contributed by atoms with Crippen molar-refractivity contribution >= 4 is 137 Å². The fraction of sp³-hybridized carbons (Fsp3) is 0.192. The van der Waals surface area contributed by atoms with Crippen LogP contribution in [-0.2, 0) is 75.3 Å². The summed E-state index contributed by atoms with van der Waals surface area (Å²) in [6.45, 7) is 3.50. The molecule has 0 spiro atoms. The number of halogens is 2. The number of fused-ring (bicyclic) bond motifs is 4. The van der Waals surface area contributed by atoms with Crippen molar-refractivity contribution in [1.82, 2.24) is 0 Å². The molecule has 404 valence electrons. The Labute approximate surface area is 473 Å². The first-order valence-electron chi connectivity index (χ1n) is 22.5. The van der Waals surface area contributed by atoms with Gasteiger partial charge in [0.2, 0.25) is 12.1 Å². The van der Waals surface area contributed by atoms with Crippen LogP contribution in [0.1, 0.15) is 44.1 Å². The maximum atomic E-state index is 12.3. The number of thiophene rings is 2. The second-order valence-corrected chi connectivity index (χ2v) is 23.7. The predicted molar refractivity (Wildman–Crippen MR) is 300 cm³/mol. The molecule has 8 aromatic rings. The molecule has 6 aromatic carbocycles. The molecule has 0 radical (unpaired) electrons. The first-order chi connectivity index (χ1) is 35.2. The molecule has 0 bridgehead atoms. The van der Waals surface area contributed by atoms with Gasteiger partial charge in [0, 0.05) is 55.6 Å². The third-order valence-electron chi connectivity index (χ3n) is 12.4. The van der Waals surface area contributed by atoms with Gasteiger partial charge in [-0.25, -0.2) is 34.8 Å². The van der Waals surface area contributed by atoms with E-state index in [9.17, 15) is 48.5 Å². The van der Waals surface area contributed by atoms with E-state index in [1.165, 1.54) is 81.3 Å². The third kappa shape index (κ3) is 15.2. The number of nitrogens with one attached hydrogen (secondary N) is 2. The van der Waals surface area contributed by atoms with Crippen LogP contribution in [0.2, 0.25) is 10.0 Å². The van der Waals surface area contributed by atoms with Crippen molar-refractivity contribution < 1.29 is 67.8 Å². The number of benzene rings is 6. The van der Waals surface area contributed by atoms with E-state index < -0.39 is 40.1 Å². The summed E-state index contributed by atoms with van der Waals surface area (Å²) in [7, 11) is -10.9. The lowest BCUT2D eigenvalue weighted by molar-refractivity contribution is -0.938. The van der Waals surface area contributed by atoms with Crippen molar-refractivity contribution in [2.24, 2.45) is 0 Å². The number of hydrogen-bond acceptors (Lipinski definition) is 15. The monoisotopic (exact) mass is 1210 g/mol. The summed E-state index contributed by atoms with van der Waals surface area (Å²) in [5, 5.41) is 7.00. The van der Waals surface area contributed by atoms with Crippen molar-refractivity contribution in [3.8, 4) is 0 Å². The van der Waals surface area contributed by atoms with Crippen molar-refractivity contribution in [2.75, 3.05) is 27.3 Å². The van der Waals surface area contributed by atoms with Crippen LogP contribution in [0, 0.1) is 0 Å². The van der Waals surface area contributed by atoms with Crippen LogP contribution in [0.25, 0.3) is 21.5 Å². The topological polar surface area (TPSA) is 233 Å². The van der Waals surface area contributed by atoms with Gasteiger partial charge < -0.3 is 32.9 Å². The summed E-state index contributed by atoms with van der Waals surface area (Å²) in [5.74, 6) is -0.450. The number of esters is 2. The molecule has 24 heteroatoms. The molecular formula is C52H51Cl2N2O13S7-. The van der Waals surface area contributed by atoms with Gasteiger partial charge in [0.15, 0.2) is 0 Å². The normalized spacial score (nSPS) is 15.6. The number of carbonyl (C=O) groups is 2. The van der Waals surface area contributed by atoms with Crippen LogP contribution in [0.15, 0.2) is 165 Å². The van der Waals surface area contributed by atoms with Gasteiger partial charge in [0.05, 0.1) is 52.0 Å². The van der Waals surface area contributed by atoms with E-state index in [0.717, 1.165) is 73.1 Å². The highest BCUT2D eigenvalue weighted by Gasteiger charge is 2.38. The number of hydrogen-bond donors (Lipinski definition) is 2. The molecule has 10 rings (SSSR count). The van der Waals surface area contributed by atoms with Gasteiger partial charge in [-0.15, -0.1) is 22.7 Å². The van der Waals surface area contributed by atoms with E-state index in [4.69, 9.17) is 32.7 Å². The molecule has 2 unspecified atom stereocenters. The van der Waals surface area contributed by atoms with Crippen LogP contribution < -0.4 is 9.80 Å². The van der Waals surface area contributed by atoms with Gasteiger partial charge >= 0.3 is 11.9 Å². The summed E-state index contributed by atoms with van der Waals surface area (Å²) in [6.07, 6.45) is 2.00. The molecule has 2 aromatic heterocycles. The molecule has 4 atom stereocenters. The van der Waals surface area contributed by atoms with Gasteiger partial charge in [-0.3, -0.25) is 0 Å². The number of ether oxygens (including phenoxy) is 2. The van der Waals surface area contributed by atoms with Gasteiger partial charge in [-0.2, -0.15) is 27.0 Å². The first-order valence-corrected chi connectivity index (χ1v) is 29.3. The Hall–Kier alpha value is -4.89. The average Bonchev–Trinajstić information content (AvgIpc) is 4.07. The van der Waals surface area contributed by atoms with E-state index in [0.29, 0.717) is 10.0 Å². The van der Waals surface area contributed by atoms with Crippen molar-refractivity contribution in [2.45, 2.75) is 52.7 Å². The zero-order valence-electron chi connectivity index (χ0n) is 40.4. The highest BCUT2D eigenvalue weighted by molar-refractivity contribution is 7.86. The molecule has 2 aliphatic heterocycles. The Balaban J connectivity index is 0.000000187. The van der Waals surface area contributed by atoms with Crippen LogP contribution in [-0.4, -0.2) is 78.2 Å². The largest absolute Gasteiger partial charge is 0.744 e. The molecule has 15 nitrogen and oxygen atoms in total. The number of methoxy groups -OCH3 is 2. The lowest BCUT2D eigenvalue weighted by Crippen LogP contribution is -3.13. The molecule has 4 heterocycles. The Morgan fingerprint density at radius 3 is 1.33 bits per heavy atom. The number of rotatable bonds is 9. The minimum Gasteiger partial charge on any atom is -0.744 e. The van der Waals surface area contributed by atoms with Gasteiger partial charge in [0.1, 0.15) is 43.4 Å². The minimum absolute atomic E-state index is 0. The van der Waals surface area contributed by atoms with E-state index in [2.05, 4.69) is 22.9 Å². The van der Waals surface area contributed by atoms with Crippen molar-refractivity contribution in [3.05, 3.63) is 192 Å². The number of carbonyl (C=O) groups excluding carboxylic acids is 2. The van der Waals surface area contributed by atoms with Gasteiger partial charge in [-0.1, -0.05) is 114 Å². The molecule has 0 saturated heterocycles. The lowest BCUT2D eigenvalue weighted by atomic mass is 10.0. The van der Waals surface area contributed by atoms with E-state index >= 15 is 0 Å².